The molecule has 128 valence electrons. The van der Waals surface area contributed by atoms with Crippen molar-refractivity contribution in [1.82, 2.24) is 15.0 Å². The van der Waals surface area contributed by atoms with Crippen LogP contribution in [0.15, 0.2) is 34.9 Å². The van der Waals surface area contributed by atoms with Crippen LogP contribution in [-0.4, -0.2) is 32.3 Å². The minimum Gasteiger partial charge on any atom is -0.465 e. The van der Waals surface area contributed by atoms with Gasteiger partial charge in [-0.3, -0.25) is 4.90 Å². The van der Waals surface area contributed by atoms with Crippen molar-refractivity contribution in [3.63, 3.8) is 0 Å². The summed E-state index contributed by atoms with van der Waals surface area (Å²) in [5, 5.41) is 13.7. The molecule has 1 aromatic heterocycles. The van der Waals surface area contributed by atoms with Crippen molar-refractivity contribution in [1.29, 1.82) is 0 Å². The second kappa shape index (κ2) is 5.92. The maximum absolute atomic E-state index is 12.1. The van der Waals surface area contributed by atoms with Gasteiger partial charge in [0.2, 0.25) is 5.89 Å². The summed E-state index contributed by atoms with van der Waals surface area (Å²) in [4.78, 5) is 17.9. The van der Waals surface area contributed by atoms with Crippen LogP contribution in [0, 0.1) is 12.3 Å². The summed E-state index contributed by atoms with van der Waals surface area (Å²) < 4.78 is 5.34. The highest BCUT2D eigenvalue weighted by Gasteiger charge is 2.51. The lowest BCUT2D eigenvalue weighted by molar-refractivity contribution is 0.0579. The molecule has 0 bridgehead atoms. The van der Waals surface area contributed by atoms with E-state index in [0.29, 0.717) is 11.7 Å². The monoisotopic (exact) mass is 329 g/mol. The van der Waals surface area contributed by atoms with Crippen LogP contribution in [0.5, 0.6) is 0 Å². The van der Waals surface area contributed by atoms with Crippen LogP contribution < -0.4 is 0 Å². The molecule has 1 aromatic carbocycles. The van der Waals surface area contributed by atoms with Gasteiger partial charge in [0.1, 0.15) is 6.04 Å². The second-order valence-electron chi connectivity index (χ2n) is 7.46. The average molecular weight is 329 g/mol. The molecule has 6 nitrogen and oxygen atoms in total. The molecule has 1 aliphatic carbocycles. The molecular formula is C18H23N3O3. The highest BCUT2D eigenvalue weighted by atomic mass is 16.5. The SMILES string of the molecule is Cc1noc(C(N(C(=O)O)[C@H]2C[C@H]2c2ccccc2)C(C)(C)C)n1. The summed E-state index contributed by atoms with van der Waals surface area (Å²) in [5.41, 5.74) is 0.810. The summed E-state index contributed by atoms with van der Waals surface area (Å²) in [6.45, 7) is 7.72. The summed E-state index contributed by atoms with van der Waals surface area (Å²) in [5.74, 6) is 1.09. The van der Waals surface area contributed by atoms with E-state index >= 15 is 0 Å². The molecule has 1 heterocycles. The minimum absolute atomic E-state index is 0.0682. The molecule has 0 spiro atoms. The highest BCUT2D eigenvalue weighted by molar-refractivity contribution is 5.67. The Labute approximate surface area is 141 Å². The molecule has 24 heavy (non-hydrogen) atoms. The van der Waals surface area contributed by atoms with Gasteiger partial charge in [-0.15, -0.1) is 0 Å². The first-order valence-corrected chi connectivity index (χ1v) is 8.15. The third-order valence-corrected chi connectivity index (χ3v) is 4.44. The Balaban J connectivity index is 1.93. The Morgan fingerprint density at radius 2 is 2.00 bits per heavy atom. The van der Waals surface area contributed by atoms with E-state index in [1.54, 1.807) is 6.92 Å². The molecule has 1 unspecified atom stereocenters. The van der Waals surface area contributed by atoms with Crippen LogP contribution in [-0.2, 0) is 0 Å². The fourth-order valence-corrected chi connectivity index (χ4v) is 3.32. The molecular weight excluding hydrogens is 306 g/mol. The van der Waals surface area contributed by atoms with E-state index in [9.17, 15) is 9.90 Å². The van der Waals surface area contributed by atoms with Crippen molar-refractivity contribution in [2.24, 2.45) is 5.41 Å². The first-order valence-electron chi connectivity index (χ1n) is 8.15. The molecule has 2 aromatic rings. The fourth-order valence-electron chi connectivity index (χ4n) is 3.32. The number of carboxylic acid groups (broad SMARTS) is 1. The number of rotatable bonds is 4. The van der Waals surface area contributed by atoms with E-state index in [2.05, 4.69) is 10.1 Å². The summed E-state index contributed by atoms with van der Waals surface area (Å²) in [6.07, 6.45) is -0.134. The second-order valence-corrected chi connectivity index (χ2v) is 7.46. The van der Waals surface area contributed by atoms with Gasteiger partial charge in [-0.2, -0.15) is 4.98 Å². The van der Waals surface area contributed by atoms with Crippen LogP contribution in [0.4, 0.5) is 4.79 Å². The van der Waals surface area contributed by atoms with Crippen LogP contribution >= 0.6 is 0 Å². The maximum atomic E-state index is 12.1. The Morgan fingerprint density at radius 1 is 1.33 bits per heavy atom. The van der Waals surface area contributed by atoms with Crippen molar-refractivity contribution in [3.8, 4) is 0 Å². The summed E-state index contributed by atoms with van der Waals surface area (Å²) >= 11 is 0. The van der Waals surface area contributed by atoms with Crippen molar-refractivity contribution in [2.75, 3.05) is 0 Å². The third-order valence-electron chi connectivity index (χ3n) is 4.44. The first-order chi connectivity index (χ1) is 11.3. The van der Waals surface area contributed by atoms with Gasteiger partial charge in [0.05, 0.1) is 0 Å². The van der Waals surface area contributed by atoms with E-state index in [0.717, 1.165) is 6.42 Å². The highest BCUT2D eigenvalue weighted by Crippen LogP contribution is 2.50. The van der Waals surface area contributed by atoms with E-state index in [-0.39, 0.29) is 17.4 Å². The molecule has 0 saturated heterocycles. The molecule has 1 amide bonds. The number of benzene rings is 1. The van der Waals surface area contributed by atoms with Gasteiger partial charge in [-0.05, 0) is 24.3 Å². The lowest BCUT2D eigenvalue weighted by Gasteiger charge is -2.36. The largest absolute Gasteiger partial charge is 0.465 e. The number of aromatic nitrogens is 2. The van der Waals surface area contributed by atoms with Crippen LogP contribution in [0.2, 0.25) is 0 Å². The molecule has 1 aliphatic rings. The molecule has 0 aliphatic heterocycles. The van der Waals surface area contributed by atoms with Gasteiger partial charge in [0.15, 0.2) is 5.82 Å². The quantitative estimate of drug-likeness (QED) is 0.917. The average Bonchev–Trinajstić information content (AvgIpc) is 3.18. The number of amides is 1. The van der Waals surface area contributed by atoms with Gasteiger partial charge in [-0.25, -0.2) is 4.79 Å². The first kappa shape index (κ1) is 16.5. The van der Waals surface area contributed by atoms with Crippen molar-refractivity contribution in [2.45, 2.75) is 52.1 Å². The number of nitrogens with zero attached hydrogens (tertiary/aromatic N) is 3. The van der Waals surface area contributed by atoms with Gasteiger partial charge in [0.25, 0.3) is 0 Å². The molecule has 0 radical (unpaired) electrons. The normalized spacial score (nSPS) is 21.3. The van der Waals surface area contributed by atoms with Gasteiger partial charge in [-0.1, -0.05) is 56.3 Å². The van der Waals surface area contributed by atoms with E-state index in [4.69, 9.17) is 4.52 Å². The molecule has 1 N–H and O–H groups in total. The number of hydrogen-bond donors (Lipinski definition) is 1. The molecule has 6 heteroatoms. The Kier molecular flexibility index (Phi) is 4.07. The lowest BCUT2D eigenvalue weighted by atomic mass is 9.85. The van der Waals surface area contributed by atoms with Crippen LogP contribution in [0.3, 0.4) is 0 Å². The fraction of sp³-hybridized carbons (Fsp3) is 0.500. The Morgan fingerprint density at radius 3 is 2.50 bits per heavy atom. The van der Waals surface area contributed by atoms with E-state index in [1.807, 2.05) is 51.1 Å². The molecule has 1 saturated carbocycles. The zero-order valence-corrected chi connectivity index (χ0v) is 14.4. The Hall–Kier alpha value is -2.37. The number of carbonyl (C=O) groups is 1. The molecule has 1 fully saturated rings. The van der Waals surface area contributed by atoms with Crippen molar-refractivity contribution in [3.05, 3.63) is 47.6 Å². The molecule has 3 rings (SSSR count). The van der Waals surface area contributed by atoms with E-state index < -0.39 is 12.1 Å². The van der Waals surface area contributed by atoms with Gasteiger partial charge >= 0.3 is 6.09 Å². The zero-order valence-electron chi connectivity index (χ0n) is 14.4. The maximum Gasteiger partial charge on any atom is 0.408 e. The summed E-state index contributed by atoms with van der Waals surface area (Å²) in [7, 11) is 0. The predicted octanol–water partition coefficient (Wildman–Crippen LogP) is 4.00. The van der Waals surface area contributed by atoms with Crippen LogP contribution in [0.1, 0.15) is 56.4 Å². The standard InChI is InChI=1S/C18H23N3O3/c1-11-19-16(24-20-11)15(18(2,3)4)21(17(22)23)14-10-13(14)12-8-6-5-7-9-12/h5-9,13-15H,10H2,1-4H3,(H,22,23)/t13-,14-,15?/m0/s1. The number of aryl methyl sites for hydroxylation is 1. The number of hydrogen-bond acceptors (Lipinski definition) is 4. The zero-order chi connectivity index (χ0) is 17.5. The molecule has 3 atom stereocenters. The lowest BCUT2D eigenvalue weighted by Crippen LogP contribution is -2.42. The van der Waals surface area contributed by atoms with Crippen LogP contribution in [0.25, 0.3) is 0 Å². The predicted molar refractivity (Wildman–Crippen MR) is 88.7 cm³/mol. The Bertz CT molecular complexity index is 721. The summed E-state index contributed by atoms with van der Waals surface area (Å²) in [6, 6.07) is 9.49. The van der Waals surface area contributed by atoms with Gasteiger partial charge in [0, 0.05) is 12.0 Å². The smallest absolute Gasteiger partial charge is 0.408 e. The van der Waals surface area contributed by atoms with Crippen molar-refractivity contribution < 1.29 is 14.4 Å². The topological polar surface area (TPSA) is 79.5 Å². The van der Waals surface area contributed by atoms with Crippen molar-refractivity contribution >= 4 is 6.09 Å². The van der Waals surface area contributed by atoms with Gasteiger partial charge < -0.3 is 9.63 Å². The minimum atomic E-state index is -0.950. The van der Waals surface area contributed by atoms with E-state index in [1.165, 1.54) is 10.5 Å². The third kappa shape index (κ3) is 3.13.